The maximum atomic E-state index is 11.4. The minimum atomic E-state index is -0.128. The van der Waals surface area contributed by atoms with E-state index in [0.717, 1.165) is 11.3 Å². The van der Waals surface area contributed by atoms with Gasteiger partial charge in [0.05, 0.1) is 0 Å². The molecule has 2 amide bonds. The average molecular weight is 235 g/mol. The van der Waals surface area contributed by atoms with Gasteiger partial charge in [-0.3, -0.25) is 0 Å². The van der Waals surface area contributed by atoms with Gasteiger partial charge in [-0.05, 0) is 31.5 Å². The first kappa shape index (κ1) is 13.4. The SMILES string of the molecule is CC(C)NC(=O)NCc1ccc(N(C)C)cc1. The molecule has 0 unspecified atom stereocenters. The maximum absolute atomic E-state index is 11.4. The largest absolute Gasteiger partial charge is 0.378 e. The van der Waals surface area contributed by atoms with E-state index in [0.29, 0.717) is 6.54 Å². The number of urea groups is 1. The summed E-state index contributed by atoms with van der Waals surface area (Å²) in [6, 6.07) is 8.15. The molecule has 94 valence electrons. The van der Waals surface area contributed by atoms with E-state index in [9.17, 15) is 4.79 Å². The van der Waals surface area contributed by atoms with Gasteiger partial charge >= 0.3 is 6.03 Å². The van der Waals surface area contributed by atoms with Gasteiger partial charge in [0.2, 0.25) is 0 Å². The Labute approximate surface area is 103 Å². The van der Waals surface area contributed by atoms with Crippen molar-refractivity contribution >= 4 is 11.7 Å². The summed E-state index contributed by atoms with van der Waals surface area (Å²) in [6.45, 7) is 4.42. The van der Waals surface area contributed by atoms with E-state index in [1.807, 2.05) is 57.1 Å². The van der Waals surface area contributed by atoms with Crippen LogP contribution >= 0.6 is 0 Å². The number of hydrogen-bond donors (Lipinski definition) is 2. The molecule has 4 nitrogen and oxygen atoms in total. The Balaban J connectivity index is 2.44. The number of nitrogens with zero attached hydrogens (tertiary/aromatic N) is 1. The third-order valence-electron chi connectivity index (χ3n) is 2.33. The van der Waals surface area contributed by atoms with Crippen molar-refractivity contribution in [1.82, 2.24) is 10.6 Å². The highest BCUT2D eigenvalue weighted by molar-refractivity contribution is 5.74. The second-order valence-electron chi connectivity index (χ2n) is 4.54. The topological polar surface area (TPSA) is 44.4 Å². The van der Waals surface area contributed by atoms with Crippen LogP contribution in [0, 0.1) is 0 Å². The number of benzene rings is 1. The van der Waals surface area contributed by atoms with Crippen molar-refractivity contribution in [3.05, 3.63) is 29.8 Å². The first-order chi connectivity index (χ1) is 7.99. The number of nitrogens with one attached hydrogen (secondary N) is 2. The van der Waals surface area contributed by atoms with Gasteiger partial charge in [0.25, 0.3) is 0 Å². The highest BCUT2D eigenvalue weighted by Crippen LogP contribution is 2.11. The highest BCUT2D eigenvalue weighted by Gasteiger charge is 2.02. The molecule has 0 aliphatic heterocycles. The normalized spacial score (nSPS) is 10.2. The van der Waals surface area contributed by atoms with E-state index in [4.69, 9.17) is 0 Å². The van der Waals surface area contributed by atoms with Crippen LogP contribution in [0.4, 0.5) is 10.5 Å². The van der Waals surface area contributed by atoms with Crippen LogP contribution in [0.25, 0.3) is 0 Å². The summed E-state index contributed by atoms with van der Waals surface area (Å²) in [5, 5.41) is 5.60. The molecule has 4 heteroatoms. The van der Waals surface area contributed by atoms with E-state index < -0.39 is 0 Å². The van der Waals surface area contributed by atoms with Crippen molar-refractivity contribution in [1.29, 1.82) is 0 Å². The minimum Gasteiger partial charge on any atom is -0.378 e. The molecule has 17 heavy (non-hydrogen) atoms. The monoisotopic (exact) mass is 235 g/mol. The summed E-state index contributed by atoms with van der Waals surface area (Å²) in [7, 11) is 4.01. The first-order valence-electron chi connectivity index (χ1n) is 5.79. The smallest absolute Gasteiger partial charge is 0.315 e. The number of anilines is 1. The molecule has 0 saturated carbocycles. The maximum Gasteiger partial charge on any atom is 0.315 e. The fourth-order valence-electron chi connectivity index (χ4n) is 1.41. The van der Waals surface area contributed by atoms with Crippen molar-refractivity contribution < 1.29 is 4.79 Å². The van der Waals surface area contributed by atoms with Crippen LogP contribution < -0.4 is 15.5 Å². The van der Waals surface area contributed by atoms with Gasteiger partial charge in [0, 0.05) is 32.4 Å². The van der Waals surface area contributed by atoms with Crippen LogP contribution in [0.5, 0.6) is 0 Å². The van der Waals surface area contributed by atoms with Crippen LogP contribution in [0.2, 0.25) is 0 Å². The third-order valence-corrected chi connectivity index (χ3v) is 2.33. The zero-order chi connectivity index (χ0) is 12.8. The summed E-state index contributed by atoms with van der Waals surface area (Å²) < 4.78 is 0. The summed E-state index contributed by atoms with van der Waals surface area (Å²) in [5.74, 6) is 0. The summed E-state index contributed by atoms with van der Waals surface area (Å²) in [5.41, 5.74) is 2.25. The predicted molar refractivity (Wildman–Crippen MR) is 71.3 cm³/mol. The number of hydrogen-bond acceptors (Lipinski definition) is 2. The first-order valence-corrected chi connectivity index (χ1v) is 5.79. The molecule has 1 rings (SSSR count). The second-order valence-corrected chi connectivity index (χ2v) is 4.54. The van der Waals surface area contributed by atoms with Crippen LogP contribution in [0.15, 0.2) is 24.3 Å². The highest BCUT2D eigenvalue weighted by atomic mass is 16.2. The molecule has 2 N–H and O–H groups in total. The number of carbonyl (C=O) groups excluding carboxylic acids is 1. The Morgan fingerprint density at radius 1 is 1.24 bits per heavy atom. The number of carbonyl (C=O) groups is 1. The molecular weight excluding hydrogens is 214 g/mol. The Morgan fingerprint density at radius 2 is 1.82 bits per heavy atom. The molecule has 0 atom stereocenters. The lowest BCUT2D eigenvalue weighted by atomic mass is 10.2. The molecule has 0 bridgehead atoms. The molecule has 1 aromatic rings. The lowest BCUT2D eigenvalue weighted by molar-refractivity contribution is 0.238. The number of amides is 2. The van der Waals surface area contributed by atoms with Gasteiger partial charge in [-0.15, -0.1) is 0 Å². The zero-order valence-corrected chi connectivity index (χ0v) is 10.9. The van der Waals surface area contributed by atoms with Crippen molar-refractivity contribution in [2.24, 2.45) is 0 Å². The van der Waals surface area contributed by atoms with Gasteiger partial charge < -0.3 is 15.5 Å². The van der Waals surface area contributed by atoms with E-state index in [1.54, 1.807) is 0 Å². The average Bonchev–Trinajstić information content (AvgIpc) is 2.26. The van der Waals surface area contributed by atoms with Gasteiger partial charge in [0.15, 0.2) is 0 Å². The summed E-state index contributed by atoms with van der Waals surface area (Å²) >= 11 is 0. The van der Waals surface area contributed by atoms with Crippen molar-refractivity contribution in [3.63, 3.8) is 0 Å². The predicted octanol–water partition coefficient (Wildman–Crippen LogP) is 1.96. The molecule has 0 radical (unpaired) electrons. The molecular formula is C13H21N3O. The van der Waals surface area contributed by atoms with E-state index >= 15 is 0 Å². The van der Waals surface area contributed by atoms with E-state index in [2.05, 4.69) is 10.6 Å². The number of rotatable bonds is 4. The Morgan fingerprint density at radius 3 is 2.29 bits per heavy atom. The minimum absolute atomic E-state index is 0.128. The zero-order valence-electron chi connectivity index (χ0n) is 10.9. The van der Waals surface area contributed by atoms with Crippen LogP contribution in [-0.4, -0.2) is 26.2 Å². The van der Waals surface area contributed by atoms with Crippen molar-refractivity contribution in [2.45, 2.75) is 26.4 Å². The molecule has 1 aromatic carbocycles. The molecule has 0 spiro atoms. The molecule has 0 saturated heterocycles. The van der Waals surface area contributed by atoms with Crippen LogP contribution in [-0.2, 0) is 6.54 Å². The Hall–Kier alpha value is -1.71. The molecule has 0 aromatic heterocycles. The molecule has 0 aliphatic rings. The van der Waals surface area contributed by atoms with Gasteiger partial charge in [-0.2, -0.15) is 0 Å². The quantitative estimate of drug-likeness (QED) is 0.838. The fraction of sp³-hybridized carbons (Fsp3) is 0.462. The van der Waals surface area contributed by atoms with Crippen LogP contribution in [0.3, 0.4) is 0 Å². The third kappa shape index (κ3) is 4.76. The van der Waals surface area contributed by atoms with Gasteiger partial charge in [-0.25, -0.2) is 4.79 Å². The lowest BCUT2D eigenvalue weighted by Gasteiger charge is -2.13. The van der Waals surface area contributed by atoms with Crippen molar-refractivity contribution in [2.75, 3.05) is 19.0 Å². The Kier molecular flexibility index (Phi) is 4.82. The second kappa shape index (κ2) is 6.13. The fourth-order valence-corrected chi connectivity index (χ4v) is 1.41. The van der Waals surface area contributed by atoms with Crippen molar-refractivity contribution in [3.8, 4) is 0 Å². The summed E-state index contributed by atoms with van der Waals surface area (Å²) in [4.78, 5) is 13.4. The summed E-state index contributed by atoms with van der Waals surface area (Å²) in [6.07, 6.45) is 0. The standard InChI is InChI=1S/C13H21N3O/c1-10(2)15-13(17)14-9-11-5-7-12(8-6-11)16(3)4/h5-8,10H,9H2,1-4H3,(H2,14,15,17). The molecule has 0 aliphatic carbocycles. The van der Waals surface area contributed by atoms with Crippen LogP contribution in [0.1, 0.15) is 19.4 Å². The van der Waals surface area contributed by atoms with E-state index in [1.165, 1.54) is 0 Å². The van der Waals surface area contributed by atoms with E-state index in [-0.39, 0.29) is 12.1 Å². The van der Waals surface area contributed by atoms with Gasteiger partial charge in [-0.1, -0.05) is 12.1 Å². The lowest BCUT2D eigenvalue weighted by Crippen LogP contribution is -2.39. The Bertz CT molecular complexity index is 357. The molecule has 0 heterocycles. The van der Waals surface area contributed by atoms with Gasteiger partial charge in [0.1, 0.15) is 0 Å². The molecule has 0 fully saturated rings.